The van der Waals surface area contributed by atoms with Crippen molar-refractivity contribution in [3.8, 4) is 0 Å². The number of rotatable bonds is 9. The number of aryl methyl sites for hydroxylation is 1. The van der Waals surface area contributed by atoms with E-state index in [1.165, 1.54) is 16.2 Å². The van der Waals surface area contributed by atoms with Crippen LogP contribution in [0.3, 0.4) is 0 Å². The Bertz CT molecular complexity index is 1100. The van der Waals surface area contributed by atoms with Crippen LogP contribution in [-0.2, 0) is 28.8 Å². The zero-order valence-corrected chi connectivity index (χ0v) is 19.8. The molecule has 0 fully saturated rings. The number of benzene rings is 1. The third-order valence-corrected chi connectivity index (χ3v) is 7.02. The van der Waals surface area contributed by atoms with Gasteiger partial charge in [0.05, 0.1) is 18.2 Å². The fraction of sp³-hybridized carbons (Fsp3) is 0.391. The van der Waals surface area contributed by atoms with Gasteiger partial charge in [0.1, 0.15) is 10.6 Å². The Balaban J connectivity index is 1.47. The predicted octanol–water partition coefficient (Wildman–Crippen LogP) is 5.08. The molecule has 0 aliphatic heterocycles. The topological polar surface area (TPSA) is 80.6 Å². The second-order valence-corrected chi connectivity index (χ2v) is 9.52. The van der Waals surface area contributed by atoms with E-state index in [0.717, 1.165) is 52.3 Å². The number of thiophene rings is 1. The van der Waals surface area contributed by atoms with Crippen molar-refractivity contribution in [1.29, 1.82) is 0 Å². The molecule has 2 N–H and O–H groups in total. The molecule has 6 nitrogen and oxygen atoms in total. The predicted molar refractivity (Wildman–Crippen MR) is 126 cm³/mol. The minimum atomic E-state index is -0.159. The zero-order chi connectivity index (χ0) is 21.8. The van der Waals surface area contributed by atoms with Gasteiger partial charge in [0.15, 0.2) is 0 Å². The number of halogens is 1. The molecule has 0 bridgehead atoms. The van der Waals surface area contributed by atoms with E-state index in [0.29, 0.717) is 30.3 Å². The van der Waals surface area contributed by atoms with Gasteiger partial charge in [-0.1, -0.05) is 15.9 Å². The largest absolute Gasteiger partial charge is 0.464 e. The van der Waals surface area contributed by atoms with Gasteiger partial charge in [0.25, 0.3) is 5.91 Å². The van der Waals surface area contributed by atoms with Crippen LogP contribution in [0.1, 0.15) is 46.1 Å². The second kappa shape index (κ2) is 9.97. The summed E-state index contributed by atoms with van der Waals surface area (Å²) in [7, 11) is 0. The molecule has 2 amide bonds. The van der Waals surface area contributed by atoms with E-state index >= 15 is 0 Å². The fourth-order valence-electron chi connectivity index (χ4n) is 3.88. The van der Waals surface area contributed by atoms with Crippen LogP contribution in [0.15, 0.2) is 33.4 Å². The molecule has 0 unspecified atom stereocenters. The number of hydrogen-bond donors (Lipinski definition) is 2. The molecule has 8 heteroatoms. The molecular formula is C23H25BrN2O4S. The highest BCUT2D eigenvalue weighted by Gasteiger charge is 2.27. The van der Waals surface area contributed by atoms with Gasteiger partial charge in [0, 0.05) is 40.1 Å². The van der Waals surface area contributed by atoms with Crippen LogP contribution < -0.4 is 10.6 Å². The number of carbonyl (C=O) groups excluding carboxylic acids is 2. The molecule has 0 radical (unpaired) electrons. The molecule has 1 aliphatic rings. The van der Waals surface area contributed by atoms with E-state index in [2.05, 4.69) is 26.6 Å². The van der Waals surface area contributed by atoms with Crippen LogP contribution in [0.5, 0.6) is 0 Å². The van der Waals surface area contributed by atoms with Crippen molar-refractivity contribution in [2.45, 2.75) is 39.0 Å². The Kier molecular flexibility index (Phi) is 7.09. The maximum absolute atomic E-state index is 12.9. The summed E-state index contributed by atoms with van der Waals surface area (Å²) in [6.07, 6.45) is 5.45. The van der Waals surface area contributed by atoms with E-state index < -0.39 is 0 Å². The lowest BCUT2D eigenvalue weighted by molar-refractivity contribution is -0.115. The number of hydrogen-bond acceptors (Lipinski definition) is 5. The molecule has 31 heavy (non-hydrogen) atoms. The number of amides is 2. The SMILES string of the molecule is CCOCCCNC(=O)c1c(NC(=O)Cc2coc3ccc(Br)cc23)sc2c1CCC2. The molecule has 2 heterocycles. The summed E-state index contributed by atoms with van der Waals surface area (Å²) >= 11 is 4.99. The van der Waals surface area contributed by atoms with Gasteiger partial charge in [-0.3, -0.25) is 9.59 Å². The number of nitrogens with one attached hydrogen (secondary N) is 2. The van der Waals surface area contributed by atoms with Crippen molar-refractivity contribution < 1.29 is 18.7 Å². The highest BCUT2D eigenvalue weighted by atomic mass is 79.9. The molecule has 164 valence electrons. The van der Waals surface area contributed by atoms with Gasteiger partial charge in [-0.25, -0.2) is 0 Å². The van der Waals surface area contributed by atoms with Crippen molar-refractivity contribution in [3.05, 3.63) is 50.5 Å². The number of anilines is 1. The van der Waals surface area contributed by atoms with E-state index in [9.17, 15) is 9.59 Å². The molecule has 2 aromatic heterocycles. The number of furan rings is 1. The first-order chi connectivity index (χ1) is 15.1. The van der Waals surface area contributed by atoms with E-state index in [-0.39, 0.29) is 18.2 Å². The summed E-state index contributed by atoms with van der Waals surface area (Å²) < 4.78 is 11.8. The van der Waals surface area contributed by atoms with E-state index in [1.807, 2.05) is 25.1 Å². The quantitative estimate of drug-likeness (QED) is 0.398. The average molecular weight is 505 g/mol. The first-order valence-electron chi connectivity index (χ1n) is 10.5. The van der Waals surface area contributed by atoms with Crippen molar-refractivity contribution in [3.63, 3.8) is 0 Å². The summed E-state index contributed by atoms with van der Waals surface area (Å²) in [6, 6.07) is 5.73. The minimum absolute atomic E-state index is 0.121. The first-order valence-corrected chi connectivity index (χ1v) is 12.1. The van der Waals surface area contributed by atoms with Crippen LogP contribution in [0, 0.1) is 0 Å². The first kappa shape index (κ1) is 22.0. The maximum Gasteiger partial charge on any atom is 0.254 e. The Morgan fingerprint density at radius 3 is 3.00 bits per heavy atom. The normalized spacial score (nSPS) is 12.8. The second-order valence-electron chi connectivity index (χ2n) is 7.49. The van der Waals surface area contributed by atoms with E-state index in [1.54, 1.807) is 6.26 Å². The molecule has 0 saturated carbocycles. The Morgan fingerprint density at radius 2 is 2.16 bits per heavy atom. The Morgan fingerprint density at radius 1 is 1.29 bits per heavy atom. The van der Waals surface area contributed by atoms with Gasteiger partial charge >= 0.3 is 0 Å². The monoisotopic (exact) mass is 504 g/mol. The maximum atomic E-state index is 12.9. The zero-order valence-electron chi connectivity index (χ0n) is 17.4. The van der Waals surface area contributed by atoms with Gasteiger partial charge in [-0.05, 0) is 56.4 Å². The summed E-state index contributed by atoms with van der Waals surface area (Å²) in [5, 5.41) is 7.52. The fourth-order valence-corrected chi connectivity index (χ4v) is 5.54. The minimum Gasteiger partial charge on any atom is -0.464 e. The standard InChI is InChI=1S/C23H25BrN2O4S/c1-2-29-10-4-9-25-22(28)21-16-5-3-6-19(16)31-23(21)26-20(27)11-14-13-30-18-8-7-15(24)12-17(14)18/h7-8,12-13H,2-6,9-11H2,1H3,(H,25,28)(H,26,27). The molecule has 3 aromatic rings. The molecule has 0 saturated heterocycles. The lowest BCUT2D eigenvalue weighted by atomic mass is 10.1. The molecule has 0 spiro atoms. The molecular weight excluding hydrogens is 480 g/mol. The van der Waals surface area contributed by atoms with Crippen LogP contribution in [0.4, 0.5) is 5.00 Å². The summed E-state index contributed by atoms with van der Waals surface area (Å²) in [5.41, 5.74) is 3.27. The summed E-state index contributed by atoms with van der Waals surface area (Å²) in [4.78, 5) is 27.0. The average Bonchev–Trinajstić information content (AvgIpc) is 3.42. The van der Waals surface area contributed by atoms with Crippen LogP contribution in [0.25, 0.3) is 11.0 Å². The highest BCUT2D eigenvalue weighted by Crippen LogP contribution is 2.39. The Labute approximate surface area is 193 Å². The number of carbonyl (C=O) groups is 2. The lowest BCUT2D eigenvalue weighted by Crippen LogP contribution is -2.27. The molecule has 1 aliphatic carbocycles. The molecule has 1 aromatic carbocycles. The Hall–Kier alpha value is -2.16. The van der Waals surface area contributed by atoms with Gasteiger partial charge in [-0.15, -0.1) is 11.3 Å². The van der Waals surface area contributed by atoms with Gasteiger partial charge < -0.3 is 19.8 Å². The molecule has 0 atom stereocenters. The third kappa shape index (κ3) is 5.02. The van der Waals surface area contributed by atoms with Crippen molar-refractivity contribution in [1.82, 2.24) is 5.32 Å². The van der Waals surface area contributed by atoms with Crippen molar-refractivity contribution >= 4 is 55.1 Å². The molecule has 4 rings (SSSR count). The smallest absolute Gasteiger partial charge is 0.254 e. The lowest BCUT2D eigenvalue weighted by Gasteiger charge is -2.09. The van der Waals surface area contributed by atoms with Crippen LogP contribution >= 0.6 is 27.3 Å². The van der Waals surface area contributed by atoms with Crippen LogP contribution in [-0.4, -0.2) is 31.6 Å². The van der Waals surface area contributed by atoms with Gasteiger partial charge in [-0.2, -0.15) is 0 Å². The summed E-state index contributed by atoms with van der Waals surface area (Å²) in [5.74, 6) is -0.281. The summed E-state index contributed by atoms with van der Waals surface area (Å²) in [6.45, 7) is 3.79. The van der Waals surface area contributed by atoms with Gasteiger partial charge in [0.2, 0.25) is 5.91 Å². The van der Waals surface area contributed by atoms with Crippen molar-refractivity contribution in [2.24, 2.45) is 0 Å². The highest BCUT2D eigenvalue weighted by molar-refractivity contribution is 9.10. The number of ether oxygens (including phenoxy) is 1. The van der Waals surface area contributed by atoms with Crippen LogP contribution in [0.2, 0.25) is 0 Å². The van der Waals surface area contributed by atoms with E-state index in [4.69, 9.17) is 9.15 Å². The van der Waals surface area contributed by atoms with Crippen molar-refractivity contribution in [2.75, 3.05) is 25.1 Å². The number of fused-ring (bicyclic) bond motifs is 2. The third-order valence-electron chi connectivity index (χ3n) is 5.32.